The Kier molecular flexibility index (Phi) is 5.31. The number of anilines is 5. The smallest absolute Gasteiger partial charge is 0.260 e. The van der Waals surface area contributed by atoms with E-state index in [2.05, 4.69) is 51.4 Å². The van der Waals surface area contributed by atoms with Crippen molar-refractivity contribution in [3.63, 3.8) is 0 Å². The number of aromatic nitrogens is 1. The van der Waals surface area contributed by atoms with Gasteiger partial charge in [0.2, 0.25) is 0 Å². The molecule has 2 aliphatic rings. The topological polar surface area (TPSA) is 51.7 Å². The SMILES string of the molecule is CN1CCC(c2ccc(Nc3cc4c(cn3)N(C)C(=O)c3ccccc3N4C)cc2)CC1. The van der Waals surface area contributed by atoms with Crippen LogP contribution in [0.4, 0.5) is 28.6 Å². The molecule has 1 amide bonds. The van der Waals surface area contributed by atoms with E-state index in [0.29, 0.717) is 11.5 Å². The second-order valence-corrected chi connectivity index (χ2v) is 8.82. The Bertz CT molecular complexity index is 1140. The number of nitrogens with zero attached hydrogens (tertiary/aromatic N) is 4. The summed E-state index contributed by atoms with van der Waals surface area (Å²) in [5.74, 6) is 1.37. The monoisotopic (exact) mass is 427 g/mol. The fraction of sp³-hybridized carbons (Fsp3) is 0.308. The minimum Gasteiger partial charge on any atom is -0.342 e. The summed E-state index contributed by atoms with van der Waals surface area (Å²) in [6.45, 7) is 2.33. The fourth-order valence-corrected chi connectivity index (χ4v) is 4.73. The molecule has 0 spiro atoms. The number of amides is 1. The number of hydrogen-bond acceptors (Lipinski definition) is 5. The highest BCUT2D eigenvalue weighted by molar-refractivity contribution is 6.13. The Hall–Kier alpha value is -3.38. The van der Waals surface area contributed by atoms with Crippen LogP contribution in [0, 0.1) is 0 Å². The molecule has 1 aromatic heterocycles. The zero-order valence-corrected chi connectivity index (χ0v) is 18.9. The minimum absolute atomic E-state index is 0.0294. The number of fused-ring (bicyclic) bond motifs is 2. The average Bonchev–Trinajstić information content (AvgIpc) is 2.90. The summed E-state index contributed by atoms with van der Waals surface area (Å²) in [5, 5.41) is 3.43. The molecule has 0 atom stereocenters. The molecule has 2 aliphatic heterocycles. The Labute approximate surface area is 189 Å². The molecule has 0 bridgehead atoms. The van der Waals surface area contributed by atoms with Crippen molar-refractivity contribution in [3.05, 3.63) is 71.9 Å². The first-order chi connectivity index (χ1) is 15.5. The predicted octanol–water partition coefficient (Wildman–Crippen LogP) is 4.99. The number of likely N-dealkylation sites (tertiary alicyclic amines) is 1. The van der Waals surface area contributed by atoms with Gasteiger partial charge in [-0.1, -0.05) is 24.3 Å². The third-order valence-electron chi connectivity index (χ3n) is 6.76. The molecule has 164 valence electrons. The summed E-state index contributed by atoms with van der Waals surface area (Å²) in [6, 6.07) is 18.4. The van der Waals surface area contributed by atoms with E-state index in [1.807, 2.05) is 37.4 Å². The molecule has 5 rings (SSSR count). The fourth-order valence-electron chi connectivity index (χ4n) is 4.73. The molecule has 1 N–H and O–H groups in total. The maximum absolute atomic E-state index is 13.0. The Morgan fingerprint density at radius 1 is 0.875 bits per heavy atom. The number of benzene rings is 2. The van der Waals surface area contributed by atoms with Gasteiger partial charge in [0.05, 0.1) is 28.8 Å². The second kappa shape index (κ2) is 8.28. The zero-order chi connectivity index (χ0) is 22.2. The number of nitrogens with one attached hydrogen (secondary N) is 1. The highest BCUT2D eigenvalue weighted by atomic mass is 16.2. The summed E-state index contributed by atoms with van der Waals surface area (Å²) in [7, 11) is 5.98. The molecule has 3 heterocycles. The summed E-state index contributed by atoms with van der Waals surface area (Å²) >= 11 is 0. The van der Waals surface area contributed by atoms with Crippen LogP contribution in [0.2, 0.25) is 0 Å². The van der Waals surface area contributed by atoms with Gasteiger partial charge >= 0.3 is 0 Å². The molecule has 6 heteroatoms. The van der Waals surface area contributed by atoms with Crippen LogP contribution in [0.5, 0.6) is 0 Å². The van der Waals surface area contributed by atoms with Crippen LogP contribution in [0.3, 0.4) is 0 Å². The average molecular weight is 428 g/mol. The van der Waals surface area contributed by atoms with E-state index in [1.165, 1.54) is 18.4 Å². The zero-order valence-electron chi connectivity index (χ0n) is 18.9. The summed E-state index contributed by atoms with van der Waals surface area (Å²) in [6.07, 6.45) is 4.20. The van der Waals surface area contributed by atoms with Gasteiger partial charge in [0.1, 0.15) is 5.82 Å². The van der Waals surface area contributed by atoms with Gasteiger partial charge in [-0.05, 0) is 68.7 Å². The van der Waals surface area contributed by atoms with Crippen molar-refractivity contribution in [2.24, 2.45) is 0 Å². The van der Waals surface area contributed by atoms with Gasteiger partial charge in [0.25, 0.3) is 5.91 Å². The quantitative estimate of drug-likeness (QED) is 0.638. The van der Waals surface area contributed by atoms with E-state index in [1.54, 1.807) is 18.1 Å². The largest absolute Gasteiger partial charge is 0.342 e. The number of piperidine rings is 1. The van der Waals surface area contributed by atoms with E-state index in [-0.39, 0.29) is 5.91 Å². The van der Waals surface area contributed by atoms with Crippen LogP contribution in [0.15, 0.2) is 60.8 Å². The van der Waals surface area contributed by atoms with Crippen molar-refractivity contribution < 1.29 is 4.79 Å². The molecular formula is C26H29N5O. The molecule has 2 aromatic carbocycles. The van der Waals surface area contributed by atoms with E-state index in [0.717, 1.165) is 41.7 Å². The lowest BCUT2D eigenvalue weighted by Crippen LogP contribution is -2.29. The van der Waals surface area contributed by atoms with Crippen molar-refractivity contribution in [1.29, 1.82) is 0 Å². The van der Waals surface area contributed by atoms with Gasteiger partial charge in [0, 0.05) is 25.8 Å². The highest BCUT2D eigenvalue weighted by Gasteiger charge is 2.27. The minimum atomic E-state index is -0.0294. The van der Waals surface area contributed by atoms with Crippen molar-refractivity contribution >= 4 is 34.5 Å². The van der Waals surface area contributed by atoms with Crippen molar-refractivity contribution in [1.82, 2.24) is 9.88 Å². The Balaban J connectivity index is 1.40. The van der Waals surface area contributed by atoms with Crippen LogP contribution in [0.25, 0.3) is 0 Å². The summed E-state index contributed by atoms with van der Waals surface area (Å²) < 4.78 is 0. The molecule has 0 saturated carbocycles. The van der Waals surface area contributed by atoms with E-state index in [4.69, 9.17) is 0 Å². The van der Waals surface area contributed by atoms with Crippen LogP contribution in [-0.2, 0) is 0 Å². The van der Waals surface area contributed by atoms with Gasteiger partial charge in [0.15, 0.2) is 0 Å². The maximum Gasteiger partial charge on any atom is 0.260 e. The number of carbonyl (C=O) groups is 1. The number of rotatable bonds is 3. The molecule has 0 aliphatic carbocycles. The third kappa shape index (κ3) is 3.71. The molecule has 0 radical (unpaired) electrons. The second-order valence-electron chi connectivity index (χ2n) is 8.82. The molecule has 6 nitrogen and oxygen atoms in total. The van der Waals surface area contributed by atoms with E-state index in [9.17, 15) is 4.79 Å². The number of carbonyl (C=O) groups excluding carboxylic acids is 1. The van der Waals surface area contributed by atoms with Gasteiger partial charge < -0.3 is 20.0 Å². The van der Waals surface area contributed by atoms with Gasteiger partial charge in [-0.15, -0.1) is 0 Å². The maximum atomic E-state index is 13.0. The molecule has 32 heavy (non-hydrogen) atoms. The first kappa shape index (κ1) is 20.5. The normalized spacial score (nSPS) is 17.0. The standard InChI is InChI=1S/C26H29N5O/c1-29-14-12-19(13-15-29)18-8-10-20(11-9-18)28-25-16-23-24(17-27-25)31(3)26(32)21-6-4-5-7-22(21)30(23)2/h4-11,16-17,19H,12-15H2,1-3H3,(H,27,28). The van der Waals surface area contributed by atoms with Crippen LogP contribution in [0.1, 0.15) is 34.7 Å². The van der Waals surface area contributed by atoms with Gasteiger partial charge in [-0.25, -0.2) is 4.98 Å². The van der Waals surface area contributed by atoms with E-state index < -0.39 is 0 Å². The summed E-state index contributed by atoms with van der Waals surface area (Å²) in [4.78, 5) is 23.7. The molecule has 0 unspecified atom stereocenters. The molecule has 1 saturated heterocycles. The van der Waals surface area contributed by atoms with Crippen LogP contribution >= 0.6 is 0 Å². The van der Waals surface area contributed by atoms with Gasteiger partial charge in [-0.2, -0.15) is 0 Å². The third-order valence-corrected chi connectivity index (χ3v) is 6.76. The lowest BCUT2D eigenvalue weighted by atomic mass is 9.89. The number of hydrogen-bond donors (Lipinski definition) is 1. The lowest BCUT2D eigenvalue weighted by molar-refractivity contribution is 0.0994. The molecular weight excluding hydrogens is 398 g/mol. The molecule has 1 fully saturated rings. The number of para-hydroxylation sites is 1. The van der Waals surface area contributed by atoms with Crippen molar-refractivity contribution in [2.75, 3.05) is 49.3 Å². The Morgan fingerprint density at radius 2 is 1.59 bits per heavy atom. The van der Waals surface area contributed by atoms with Gasteiger partial charge in [-0.3, -0.25) is 4.79 Å². The summed E-state index contributed by atoms with van der Waals surface area (Å²) in [5.41, 5.74) is 5.73. The predicted molar refractivity (Wildman–Crippen MR) is 131 cm³/mol. The van der Waals surface area contributed by atoms with Crippen molar-refractivity contribution in [3.8, 4) is 0 Å². The number of pyridine rings is 1. The lowest BCUT2D eigenvalue weighted by Gasteiger charge is -2.29. The highest BCUT2D eigenvalue weighted by Crippen LogP contribution is 2.40. The Morgan fingerprint density at radius 3 is 2.34 bits per heavy atom. The van der Waals surface area contributed by atoms with Crippen molar-refractivity contribution in [2.45, 2.75) is 18.8 Å². The molecule has 3 aromatic rings. The van der Waals surface area contributed by atoms with Crippen LogP contribution in [-0.4, -0.2) is 50.0 Å². The first-order valence-electron chi connectivity index (χ1n) is 11.2. The van der Waals surface area contributed by atoms with E-state index >= 15 is 0 Å². The first-order valence-corrected chi connectivity index (χ1v) is 11.2. The van der Waals surface area contributed by atoms with Crippen LogP contribution < -0.4 is 15.1 Å².